The van der Waals surface area contributed by atoms with Gasteiger partial charge in [-0.2, -0.15) is 0 Å². The molecule has 0 saturated carbocycles. The highest BCUT2D eigenvalue weighted by Gasteiger charge is 2.37. The molecule has 0 aliphatic carbocycles. The van der Waals surface area contributed by atoms with Crippen LogP contribution in [0.15, 0.2) is 18.5 Å². The minimum atomic E-state index is -0.275. The maximum absolute atomic E-state index is 13.5. The van der Waals surface area contributed by atoms with E-state index in [1.165, 1.54) is 6.20 Å². The third-order valence-corrected chi connectivity index (χ3v) is 4.29. The Labute approximate surface area is 122 Å². The molecular weight excluding hydrogens is 253 g/mol. The summed E-state index contributed by atoms with van der Waals surface area (Å²) in [6, 6.07) is 1.66. The summed E-state index contributed by atoms with van der Waals surface area (Å²) in [5, 5.41) is 3.52. The van der Waals surface area contributed by atoms with E-state index in [2.05, 4.69) is 49.8 Å². The standard InChI is InChI=1S/C16H28FN3/c1-6-16(5,20(8-3)9-4)15(19-7-2)13-10-14(17)12-18-11-13/h10-12,15,19H,6-9H2,1-5H3. The van der Waals surface area contributed by atoms with Gasteiger partial charge in [0.25, 0.3) is 0 Å². The van der Waals surface area contributed by atoms with E-state index in [1.54, 1.807) is 12.3 Å². The normalized spacial score (nSPS) is 16.1. The number of hydrogen-bond donors (Lipinski definition) is 1. The van der Waals surface area contributed by atoms with Gasteiger partial charge in [-0.3, -0.25) is 9.88 Å². The SMILES string of the molecule is CCNC(c1cncc(F)c1)C(C)(CC)N(CC)CC. The number of halogens is 1. The monoisotopic (exact) mass is 281 g/mol. The van der Waals surface area contributed by atoms with Crippen LogP contribution in [0, 0.1) is 5.82 Å². The number of likely N-dealkylation sites (N-methyl/N-ethyl adjacent to an activating group) is 2. The minimum absolute atomic E-state index is 0.0605. The van der Waals surface area contributed by atoms with Crippen LogP contribution in [0.1, 0.15) is 52.6 Å². The third-order valence-electron chi connectivity index (χ3n) is 4.29. The molecule has 0 amide bonds. The van der Waals surface area contributed by atoms with Gasteiger partial charge in [0.2, 0.25) is 0 Å². The van der Waals surface area contributed by atoms with E-state index in [1.807, 2.05) is 0 Å². The van der Waals surface area contributed by atoms with Crippen LogP contribution in [0.3, 0.4) is 0 Å². The highest BCUT2D eigenvalue weighted by Crippen LogP contribution is 2.34. The molecule has 0 saturated heterocycles. The van der Waals surface area contributed by atoms with Crippen LogP contribution in [0.25, 0.3) is 0 Å². The van der Waals surface area contributed by atoms with Gasteiger partial charge in [-0.25, -0.2) is 4.39 Å². The highest BCUT2D eigenvalue weighted by molar-refractivity contribution is 5.20. The molecule has 3 nitrogen and oxygen atoms in total. The highest BCUT2D eigenvalue weighted by atomic mass is 19.1. The summed E-state index contributed by atoms with van der Waals surface area (Å²) in [7, 11) is 0. The molecule has 1 aromatic heterocycles. The Kier molecular flexibility index (Phi) is 6.56. The average molecular weight is 281 g/mol. The molecule has 20 heavy (non-hydrogen) atoms. The second-order valence-corrected chi connectivity index (χ2v) is 5.31. The number of aromatic nitrogens is 1. The zero-order valence-corrected chi connectivity index (χ0v) is 13.4. The lowest BCUT2D eigenvalue weighted by molar-refractivity contribution is 0.0702. The molecule has 4 heteroatoms. The van der Waals surface area contributed by atoms with Crippen molar-refractivity contribution in [1.29, 1.82) is 0 Å². The first-order valence-electron chi connectivity index (χ1n) is 7.62. The van der Waals surface area contributed by atoms with Crippen LogP contribution in [-0.2, 0) is 0 Å². The van der Waals surface area contributed by atoms with Crippen LogP contribution < -0.4 is 5.32 Å². The van der Waals surface area contributed by atoms with Crippen molar-refractivity contribution in [1.82, 2.24) is 15.2 Å². The predicted molar refractivity (Wildman–Crippen MR) is 82.2 cm³/mol. The van der Waals surface area contributed by atoms with Gasteiger partial charge in [0.15, 0.2) is 0 Å². The van der Waals surface area contributed by atoms with Crippen LogP contribution in [0.5, 0.6) is 0 Å². The van der Waals surface area contributed by atoms with Crippen molar-refractivity contribution >= 4 is 0 Å². The van der Waals surface area contributed by atoms with Crippen LogP contribution in [-0.4, -0.2) is 35.1 Å². The summed E-state index contributed by atoms with van der Waals surface area (Å²) in [5.74, 6) is -0.275. The third kappa shape index (κ3) is 3.55. The summed E-state index contributed by atoms with van der Waals surface area (Å²) in [6.07, 6.45) is 4.02. The fourth-order valence-electron chi connectivity index (χ4n) is 3.04. The summed E-state index contributed by atoms with van der Waals surface area (Å²) < 4.78 is 13.5. The number of pyridine rings is 1. The number of hydrogen-bond acceptors (Lipinski definition) is 3. The van der Waals surface area contributed by atoms with Gasteiger partial charge in [-0.05, 0) is 44.6 Å². The van der Waals surface area contributed by atoms with E-state index in [0.29, 0.717) is 0 Å². The fourth-order valence-corrected chi connectivity index (χ4v) is 3.04. The van der Waals surface area contributed by atoms with E-state index in [9.17, 15) is 4.39 Å². The first-order chi connectivity index (χ1) is 9.53. The number of nitrogens with one attached hydrogen (secondary N) is 1. The molecule has 0 bridgehead atoms. The summed E-state index contributed by atoms with van der Waals surface area (Å²) in [6.45, 7) is 13.7. The Morgan fingerprint density at radius 1 is 1.25 bits per heavy atom. The van der Waals surface area contributed by atoms with Gasteiger partial charge in [-0.15, -0.1) is 0 Å². The lowest BCUT2D eigenvalue weighted by Crippen LogP contribution is -2.54. The first kappa shape index (κ1) is 17.1. The summed E-state index contributed by atoms with van der Waals surface area (Å²) >= 11 is 0. The molecule has 0 fully saturated rings. The van der Waals surface area contributed by atoms with E-state index < -0.39 is 0 Å². The second-order valence-electron chi connectivity index (χ2n) is 5.31. The maximum atomic E-state index is 13.5. The van der Waals surface area contributed by atoms with Crippen molar-refractivity contribution in [2.24, 2.45) is 0 Å². The van der Waals surface area contributed by atoms with Crippen LogP contribution in [0.4, 0.5) is 4.39 Å². The van der Waals surface area contributed by atoms with Gasteiger partial charge >= 0.3 is 0 Å². The smallest absolute Gasteiger partial charge is 0.141 e. The van der Waals surface area contributed by atoms with Gasteiger partial charge in [0.1, 0.15) is 5.82 Å². The summed E-state index contributed by atoms with van der Waals surface area (Å²) in [5.41, 5.74) is 0.859. The van der Waals surface area contributed by atoms with Crippen molar-refractivity contribution in [2.45, 2.75) is 52.6 Å². The molecule has 114 valence electrons. The Morgan fingerprint density at radius 3 is 2.35 bits per heavy atom. The van der Waals surface area contributed by atoms with E-state index in [0.717, 1.165) is 31.6 Å². The van der Waals surface area contributed by atoms with Crippen molar-refractivity contribution in [3.05, 3.63) is 29.8 Å². The Bertz CT molecular complexity index is 406. The van der Waals surface area contributed by atoms with E-state index in [4.69, 9.17) is 0 Å². The van der Waals surface area contributed by atoms with Gasteiger partial charge in [0.05, 0.1) is 12.2 Å². The largest absolute Gasteiger partial charge is 0.309 e. The van der Waals surface area contributed by atoms with Crippen molar-refractivity contribution in [2.75, 3.05) is 19.6 Å². The molecule has 1 aromatic rings. The van der Waals surface area contributed by atoms with Gasteiger partial charge in [-0.1, -0.05) is 27.7 Å². The van der Waals surface area contributed by atoms with Crippen molar-refractivity contribution in [3.8, 4) is 0 Å². The average Bonchev–Trinajstić information content (AvgIpc) is 2.45. The van der Waals surface area contributed by atoms with Crippen LogP contribution >= 0.6 is 0 Å². The fraction of sp³-hybridized carbons (Fsp3) is 0.688. The maximum Gasteiger partial charge on any atom is 0.141 e. The first-order valence-corrected chi connectivity index (χ1v) is 7.62. The Morgan fingerprint density at radius 2 is 1.90 bits per heavy atom. The van der Waals surface area contributed by atoms with Gasteiger partial charge < -0.3 is 5.32 Å². The molecule has 0 spiro atoms. The minimum Gasteiger partial charge on any atom is -0.309 e. The molecule has 0 aliphatic heterocycles. The van der Waals surface area contributed by atoms with E-state index >= 15 is 0 Å². The molecule has 0 aromatic carbocycles. The quantitative estimate of drug-likeness (QED) is 0.792. The zero-order valence-electron chi connectivity index (χ0n) is 13.4. The van der Waals surface area contributed by atoms with Gasteiger partial charge in [0, 0.05) is 11.7 Å². The van der Waals surface area contributed by atoms with E-state index in [-0.39, 0.29) is 17.4 Å². The predicted octanol–water partition coefficient (Wildman–Crippen LogP) is 3.38. The molecular formula is C16H28FN3. The summed E-state index contributed by atoms with van der Waals surface area (Å²) in [4.78, 5) is 6.45. The molecule has 2 unspecified atom stereocenters. The molecule has 1 rings (SSSR count). The van der Waals surface area contributed by atoms with Crippen LogP contribution in [0.2, 0.25) is 0 Å². The molecule has 0 radical (unpaired) electrons. The molecule has 1 N–H and O–H groups in total. The Balaban J connectivity index is 3.21. The number of rotatable bonds is 8. The zero-order chi connectivity index (χ0) is 15.2. The Hall–Kier alpha value is -1.00. The van der Waals surface area contributed by atoms with Crippen molar-refractivity contribution < 1.29 is 4.39 Å². The lowest BCUT2D eigenvalue weighted by atomic mass is 9.83. The molecule has 2 atom stereocenters. The molecule has 1 heterocycles. The second kappa shape index (κ2) is 7.70. The topological polar surface area (TPSA) is 28.2 Å². The molecule has 0 aliphatic rings. The van der Waals surface area contributed by atoms with Crippen molar-refractivity contribution in [3.63, 3.8) is 0 Å². The number of nitrogens with zero attached hydrogens (tertiary/aromatic N) is 2. The lowest BCUT2D eigenvalue weighted by Gasteiger charge is -2.46.